The third kappa shape index (κ3) is 7.34. The molecule has 0 bridgehead atoms. The van der Waals surface area contributed by atoms with Crippen LogP contribution in [-0.2, 0) is 9.47 Å². The molecule has 6 rings (SSSR count). The van der Waals surface area contributed by atoms with E-state index in [2.05, 4.69) is 4.74 Å². The van der Waals surface area contributed by atoms with Crippen LogP contribution >= 0.6 is 11.6 Å². The normalized spacial score (nSPS) is 13.9. The summed E-state index contributed by atoms with van der Waals surface area (Å²) in [4.78, 5) is 23.9. The molecule has 0 amide bonds. The fourth-order valence-electron chi connectivity index (χ4n) is 5.38. The van der Waals surface area contributed by atoms with Crippen LogP contribution in [0.1, 0.15) is 83.2 Å². The fraction of sp³-hybridized carbons (Fsp3) is 0.297. The second kappa shape index (κ2) is 13.9. The van der Waals surface area contributed by atoms with E-state index in [0.717, 1.165) is 59.1 Å². The second-order valence-corrected chi connectivity index (χ2v) is 12.1. The predicted octanol–water partition coefficient (Wildman–Crippen LogP) is 9.46. The SMILES string of the molecule is COC(=O)c1cc(C2CC2)c(-c2ccc(F)cc2)c(Cl)c1OC(C)C.COC(=O)c1cc(C2CC2)c(-c2ccc(F)cc2)cc1O. The molecule has 2 fully saturated rings. The number of hydrogen-bond acceptors (Lipinski definition) is 6. The van der Waals surface area contributed by atoms with E-state index in [0.29, 0.717) is 28.2 Å². The van der Waals surface area contributed by atoms with Gasteiger partial charge >= 0.3 is 11.9 Å². The van der Waals surface area contributed by atoms with Crippen LogP contribution < -0.4 is 4.74 Å². The molecule has 2 aliphatic carbocycles. The first-order chi connectivity index (χ1) is 22.0. The highest BCUT2D eigenvalue weighted by molar-refractivity contribution is 6.35. The topological polar surface area (TPSA) is 82.1 Å². The number of phenolic OH excluding ortho intramolecular Hbond substituents is 1. The van der Waals surface area contributed by atoms with Gasteiger partial charge in [0.1, 0.15) is 28.5 Å². The molecule has 0 radical (unpaired) electrons. The van der Waals surface area contributed by atoms with Gasteiger partial charge in [-0.2, -0.15) is 0 Å². The molecule has 0 unspecified atom stereocenters. The summed E-state index contributed by atoms with van der Waals surface area (Å²) in [5, 5.41) is 10.4. The van der Waals surface area contributed by atoms with Crippen LogP contribution in [0.5, 0.6) is 11.5 Å². The van der Waals surface area contributed by atoms with Crippen LogP contribution in [0.25, 0.3) is 22.3 Å². The highest BCUT2D eigenvalue weighted by atomic mass is 35.5. The zero-order valence-electron chi connectivity index (χ0n) is 26.0. The number of esters is 2. The van der Waals surface area contributed by atoms with Gasteiger partial charge in [-0.1, -0.05) is 35.9 Å². The van der Waals surface area contributed by atoms with Crippen LogP contribution in [0.15, 0.2) is 66.7 Å². The molecule has 0 spiro atoms. The van der Waals surface area contributed by atoms with E-state index in [1.807, 2.05) is 19.9 Å². The average Bonchev–Trinajstić information content (AvgIpc) is 3.96. The maximum absolute atomic E-state index is 13.3. The van der Waals surface area contributed by atoms with Crippen LogP contribution in [-0.4, -0.2) is 37.4 Å². The lowest BCUT2D eigenvalue weighted by atomic mass is 9.93. The first-order valence-corrected chi connectivity index (χ1v) is 15.5. The molecular formula is C37H35ClF2O6. The van der Waals surface area contributed by atoms with Crippen molar-refractivity contribution >= 4 is 23.5 Å². The Morgan fingerprint density at radius 2 is 1.24 bits per heavy atom. The van der Waals surface area contributed by atoms with E-state index in [-0.39, 0.29) is 29.1 Å². The molecule has 4 aromatic carbocycles. The van der Waals surface area contributed by atoms with Crippen LogP contribution in [0.4, 0.5) is 8.78 Å². The monoisotopic (exact) mass is 648 g/mol. The van der Waals surface area contributed by atoms with Crippen molar-refractivity contribution in [1.82, 2.24) is 0 Å². The Morgan fingerprint density at radius 1 is 0.761 bits per heavy atom. The fourth-order valence-corrected chi connectivity index (χ4v) is 5.75. The zero-order valence-corrected chi connectivity index (χ0v) is 26.8. The summed E-state index contributed by atoms with van der Waals surface area (Å²) in [6.07, 6.45) is 4.03. The van der Waals surface area contributed by atoms with Gasteiger partial charge in [0.2, 0.25) is 0 Å². The molecule has 0 heterocycles. The highest BCUT2D eigenvalue weighted by Crippen LogP contribution is 2.51. The first-order valence-electron chi connectivity index (χ1n) is 15.1. The summed E-state index contributed by atoms with van der Waals surface area (Å²) in [6.45, 7) is 3.73. The third-order valence-electron chi connectivity index (χ3n) is 7.91. The van der Waals surface area contributed by atoms with E-state index in [4.69, 9.17) is 21.1 Å². The minimum absolute atomic E-state index is 0.120. The molecule has 0 aliphatic heterocycles. The number of benzene rings is 4. The molecular weight excluding hydrogens is 614 g/mol. The molecule has 6 nitrogen and oxygen atoms in total. The molecule has 240 valence electrons. The average molecular weight is 649 g/mol. The summed E-state index contributed by atoms with van der Waals surface area (Å²) in [6, 6.07) is 17.4. The maximum Gasteiger partial charge on any atom is 0.341 e. The molecule has 46 heavy (non-hydrogen) atoms. The minimum atomic E-state index is -0.556. The van der Waals surface area contributed by atoms with Crippen LogP contribution in [0.2, 0.25) is 5.02 Å². The second-order valence-electron chi connectivity index (χ2n) is 11.7. The summed E-state index contributed by atoms with van der Waals surface area (Å²) in [7, 11) is 2.62. The number of rotatable bonds is 8. The van der Waals surface area contributed by atoms with Gasteiger partial charge in [0.25, 0.3) is 0 Å². The minimum Gasteiger partial charge on any atom is -0.507 e. The molecule has 4 aromatic rings. The van der Waals surface area contributed by atoms with Crippen molar-refractivity contribution in [2.45, 2.75) is 57.5 Å². The Hall–Kier alpha value is -4.43. The third-order valence-corrected chi connectivity index (χ3v) is 8.27. The number of carbonyl (C=O) groups excluding carboxylic acids is 2. The number of phenols is 1. The van der Waals surface area contributed by atoms with Gasteiger partial charge in [0, 0.05) is 5.56 Å². The first kappa shape index (κ1) is 32.9. The lowest BCUT2D eigenvalue weighted by molar-refractivity contribution is 0.0586. The standard InChI is InChI=1S/C20H20ClFO3.C17H15FO3/c1-11(2)25-19-16(20(23)24-3)10-15(12-4-5-12)17(18(19)21)13-6-8-14(22)9-7-13;1-21-17(20)15-8-13(10-2-3-10)14(9-16(15)19)11-4-6-12(18)7-5-11/h6-12H,4-5H2,1-3H3;4-10,19H,2-3H2,1H3. The predicted molar refractivity (Wildman–Crippen MR) is 173 cm³/mol. The summed E-state index contributed by atoms with van der Waals surface area (Å²) >= 11 is 6.68. The van der Waals surface area contributed by atoms with Gasteiger partial charge in [-0.25, -0.2) is 18.4 Å². The van der Waals surface area contributed by atoms with Crippen molar-refractivity contribution in [3.63, 3.8) is 0 Å². The Balaban J connectivity index is 0.000000184. The van der Waals surface area contributed by atoms with Crippen LogP contribution in [0, 0.1) is 11.6 Å². The number of aromatic hydroxyl groups is 1. The van der Waals surface area contributed by atoms with Gasteiger partial charge in [-0.3, -0.25) is 0 Å². The molecule has 2 saturated carbocycles. The van der Waals surface area contributed by atoms with Crippen molar-refractivity contribution in [3.05, 3.63) is 106 Å². The van der Waals surface area contributed by atoms with Crippen molar-refractivity contribution in [1.29, 1.82) is 0 Å². The zero-order chi connectivity index (χ0) is 33.1. The molecule has 0 aromatic heterocycles. The summed E-state index contributed by atoms with van der Waals surface area (Å²) < 4.78 is 41.8. The number of carbonyl (C=O) groups is 2. The highest BCUT2D eigenvalue weighted by Gasteiger charge is 2.32. The summed E-state index contributed by atoms with van der Waals surface area (Å²) in [5.41, 5.74) is 5.74. The van der Waals surface area contributed by atoms with E-state index < -0.39 is 11.9 Å². The van der Waals surface area contributed by atoms with Gasteiger partial charge in [0.05, 0.1) is 25.3 Å². The Morgan fingerprint density at radius 3 is 1.74 bits per heavy atom. The van der Waals surface area contributed by atoms with Gasteiger partial charge in [-0.05, 0) is 122 Å². The van der Waals surface area contributed by atoms with E-state index in [1.54, 1.807) is 36.4 Å². The number of methoxy groups -OCH3 is 2. The lowest BCUT2D eigenvalue weighted by Gasteiger charge is -2.20. The maximum atomic E-state index is 13.3. The molecule has 0 atom stereocenters. The van der Waals surface area contributed by atoms with Crippen molar-refractivity contribution in [2.24, 2.45) is 0 Å². The quantitative estimate of drug-likeness (QED) is 0.192. The van der Waals surface area contributed by atoms with Gasteiger partial charge in [-0.15, -0.1) is 0 Å². The Kier molecular flexibility index (Phi) is 9.97. The molecule has 2 aliphatic rings. The largest absolute Gasteiger partial charge is 0.507 e. The Bertz CT molecular complexity index is 1740. The van der Waals surface area contributed by atoms with Crippen molar-refractivity contribution < 1.29 is 37.7 Å². The number of ether oxygens (including phenoxy) is 3. The Labute approximate surface area is 271 Å². The van der Waals surface area contributed by atoms with E-state index >= 15 is 0 Å². The van der Waals surface area contributed by atoms with Gasteiger partial charge < -0.3 is 19.3 Å². The molecule has 9 heteroatoms. The summed E-state index contributed by atoms with van der Waals surface area (Å²) in [5.74, 6) is -0.731. The van der Waals surface area contributed by atoms with Crippen molar-refractivity contribution in [2.75, 3.05) is 14.2 Å². The van der Waals surface area contributed by atoms with Gasteiger partial charge in [0.15, 0.2) is 5.75 Å². The smallest absolute Gasteiger partial charge is 0.341 e. The van der Waals surface area contributed by atoms with E-state index in [9.17, 15) is 23.5 Å². The molecule has 0 saturated heterocycles. The number of hydrogen-bond donors (Lipinski definition) is 1. The molecule has 1 N–H and O–H groups in total. The van der Waals surface area contributed by atoms with E-state index in [1.165, 1.54) is 38.5 Å². The lowest BCUT2D eigenvalue weighted by Crippen LogP contribution is -2.13. The number of halogens is 3. The van der Waals surface area contributed by atoms with Crippen molar-refractivity contribution in [3.8, 4) is 33.8 Å². The van der Waals surface area contributed by atoms with Crippen LogP contribution in [0.3, 0.4) is 0 Å².